The number of carbonyl (C=O) groups is 1. The summed E-state index contributed by atoms with van der Waals surface area (Å²) in [6.45, 7) is 2.96. The number of nitrogens with two attached hydrogens (primary N) is 1. The Kier molecular flexibility index (Phi) is 5.88. The smallest absolute Gasteiger partial charge is 0.241 e. The maximum atomic E-state index is 11.8. The molecule has 1 rings (SSSR count). The van der Waals surface area contributed by atoms with Crippen molar-refractivity contribution < 1.29 is 15.0 Å². The van der Waals surface area contributed by atoms with Gasteiger partial charge in [0.2, 0.25) is 5.91 Å². The lowest BCUT2D eigenvalue weighted by Gasteiger charge is -2.36. The van der Waals surface area contributed by atoms with Crippen LogP contribution >= 0.6 is 0 Å². The Balaban J connectivity index is 2.51. The van der Waals surface area contributed by atoms with Gasteiger partial charge in [0.1, 0.15) is 6.04 Å². The van der Waals surface area contributed by atoms with Crippen LogP contribution in [0.4, 0.5) is 0 Å². The number of piperidine rings is 1. The number of hydrogen-bond acceptors (Lipinski definition) is 4. The third-order valence-corrected chi connectivity index (χ3v) is 3.41. The average Bonchev–Trinajstić information content (AvgIpc) is 2.37. The molecule has 0 radical (unpaired) electrons. The van der Waals surface area contributed by atoms with Crippen LogP contribution in [0.1, 0.15) is 32.6 Å². The van der Waals surface area contributed by atoms with Gasteiger partial charge < -0.3 is 20.8 Å². The van der Waals surface area contributed by atoms with Crippen molar-refractivity contribution in [2.45, 2.75) is 44.8 Å². The number of aliphatic hydroxyl groups is 2. The van der Waals surface area contributed by atoms with Gasteiger partial charge in [-0.3, -0.25) is 4.79 Å². The van der Waals surface area contributed by atoms with Crippen LogP contribution < -0.4 is 5.73 Å². The first-order valence-corrected chi connectivity index (χ1v) is 6.43. The minimum Gasteiger partial charge on any atom is -0.394 e. The molecule has 4 N–H and O–H groups in total. The monoisotopic (exact) mass is 244 g/mol. The highest BCUT2D eigenvalue weighted by Crippen LogP contribution is 2.22. The lowest BCUT2D eigenvalue weighted by Crippen LogP contribution is -2.50. The molecule has 0 saturated carbocycles. The van der Waals surface area contributed by atoms with Crippen molar-refractivity contribution in [2.24, 2.45) is 11.7 Å². The Hall–Kier alpha value is -0.650. The van der Waals surface area contributed by atoms with E-state index < -0.39 is 6.04 Å². The normalized spacial score (nSPS) is 24.5. The molecule has 100 valence electrons. The average molecular weight is 244 g/mol. The van der Waals surface area contributed by atoms with Gasteiger partial charge in [0, 0.05) is 19.0 Å². The lowest BCUT2D eigenvalue weighted by atomic mass is 9.90. The standard InChI is InChI=1S/C12H24N2O3/c1-2-4-11(16)9-5-3-6-14(7-9)12(17)10(13)8-15/h9-11,15-16H,2-8,13H2,1H3/t9-,10+,11?/m1/s1. The third kappa shape index (κ3) is 3.94. The summed E-state index contributed by atoms with van der Waals surface area (Å²) in [5.41, 5.74) is 5.52. The van der Waals surface area contributed by atoms with Gasteiger partial charge in [0.15, 0.2) is 0 Å². The predicted octanol–water partition coefficient (Wildman–Crippen LogP) is -0.294. The van der Waals surface area contributed by atoms with Gasteiger partial charge in [-0.05, 0) is 19.3 Å². The van der Waals surface area contributed by atoms with E-state index in [4.69, 9.17) is 10.8 Å². The molecular formula is C12H24N2O3. The Bertz CT molecular complexity index is 248. The fraction of sp³-hybridized carbons (Fsp3) is 0.917. The minimum atomic E-state index is -0.822. The van der Waals surface area contributed by atoms with Gasteiger partial charge in [0.05, 0.1) is 12.7 Å². The van der Waals surface area contributed by atoms with Crippen LogP contribution in [-0.2, 0) is 4.79 Å². The zero-order valence-electron chi connectivity index (χ0n) is 10.5. The summed E-state index contributed by atoms with van der Waals surface area (Å²) in [5.74, 6) is -0.0561. The first kappa shape index (κ1) is 14.4. The van der Waals surface area contributed by atoms with Crippen molar-refractivity contribution in [3.63, 3.8) is 0 Å². The van der Waals surface area contributed by atoms with Crippen LogP contribution in [0.2, 0.25) is 0 Å². The summed E-state index contributed by atoms with van der Waals surface area (Å²) in [4.78, 5) is 13.5. The largest absolute Gasteiger partial charge is 0.394 e. The van der Waals surface area contributed by atoms with E-state index in [-0.39, 0.29) is 24.5 Å². The topological polar surface area (TPSA) is 86.8 Å². The van der Waals surface area contributed by atoms with Crippen LogP contribution in [0.3, 0.4) is 0 Å². The number of rotatable bonds is 5. The number of aliphatic hydroxyl groups excluding tert-OH is 2. The van der Waals surface area contributed by atoms with E-state index in [0.29, 0.717) is 13.1 Å². The van der Waals surface area contributed by atoms with E-state index in [1.165, 1.54) is 0 Å². The quantitative estimate of drug-likeness (QED) is 0.620. The number of nitrogens with zero attached hydrogens (tertiary/aromatic N) is 1. The molecule has 1 fully saturated rings. The van der Waals surface area contributed by atoms with Crippen LogP contribution in [0, 0.1) is 5.92 Å². The van der Waals surface area contributed by atoms with Gasteiger partial charge in [-0.2, -0.15) is 0 Å². The molecule has 1 saturated heterocycles. The Morgan fingerprint density at radius 1 is 1.59 bits per heavy atom. The van der Waals surface area contributed by atoms with Crippen molar-refractivity contribution in [3.8, 4) is 0 Å². The summed E-state index contributed by atoms with van der Waals surface area (Å²) in [6.07, 6.45) is 3.25. The minimum absolute atomic E-state index is 0.151. The molecule has 5 nitrogen and oxygen atoms in total. The van der Waals surface area contributed by atoms with E-state index in [1.54, 1.807) is 4.90 Å². The highest BCUT2D eigenvalue weighted by atomic mass is 16.3. The van der Waals surface area contributed by atoms with E-state index in [0.717, 1.165) is 25.7 Å². The molecule has 17 heavy (non-hydrogen) atoms. The van der Waals surface area contributed by atoms with Crippen molar-refractivity contribution >= 4 is 5.91 Å². The SMILES string of the molecule is CCCC(O)[C@@H]1CCCN(C(=O)[C@@H](N)CO)C1. The molecule has 1 aliphatic rings. The Morgan fingerprint density at radius 3 is 2.88 bits per heavy atom. The molecule has 0 aliphatic carbocycles. The maximum absolute atomic E-state index is 11.8. The highest BCUT2D eigenvalue weighted by molar-refractivity contribution is 5.81. The van der Waals surface area contributed by atoms with Gasteiger partial charge in [-0.25, -0.2) is 0 Å². The zero-order chi connectivity index (χ0) is 12.8. The van der Waals surface area contributed by atoms with Crippen LogP contribution in [0.5, 0.6) is 0 Å². The van der Waals surface area contributed by atoms with Gasteiger partial charge in [-0.15, -0.1) is 0 Å². The fourth-order valence-electron chi connectivity index (χ4n) is 2.37. The first-order valence-electron chi connectivity index (χ1n) is 6.43. The Morgan fingerprint density at radius 2 is 2.29 bits per heavy atom. The van der Waals surface area contributed by atoms with Gasteiger partial charge in [-0.1, -0.05) is 13.3 Å². The van der Waals surface area contributed by atoms with Crippen molar-refractivity contribution in [1.29, 1.82) is 0 Å². The molecule has 0 aromatic heterocycles. The molecule has 1 aliphatic heterocycles. The number of hydrogen-bond donors (Lipinski definition) is 3. The van der Waals surface area contributed by atoms with Crippen molar-refractivity contribution in [3.05, 3.63) is 0 Å². The summed E-state index contributed by atoms with van der Waals surface area (Å²) < 4.78 is 0. The number of likely N-dealkylation sites (tertiary alicyclic amines) is 1. The van der Waals surface area contributed by atoms with E-state index in [1.807, 2.05) is 6.92 Å². The van der Waals surface area contributed by atoms with Crippen LogP contribution in [-0.4, -0.2) is 52.9 Å². The Labute approximate surface area is 103 Å². The number of amides is 1. The van der Waals surface area contributed by atoms with Gasteiger partial charge in [0.25, 0.3) is 0 Å². The molecule has 5 heteroatoms. The molecule has 0 spiro atoms. The molecule has 0 aromatic carbocycles. The molecule has 1 heterocycles. The second-order valence-corrected chi connectivity index (χ2v) is 4.83. The second kappa shape index (κ2) is 6.93. The van der Waals surface area contributed by atoms with E-state index >= 15 is 0 Å². The van der Waals surface area contributed by atoms with Crippen LogP contribution in [0.15, 0.2) is 0 Å². The maximum Gasteiger partial charge on any atom is 0.241 e. The van der Waals surface area contributed by atoms with E-state index in [9.17, 15) is 9.90 Å². The predicted molar refractivity (Wildman–Crippen MR) is 65.3 cm³/mol. The molecule has 0 aromatic rings. The first-order chi connectivity index (χ1) is 8.10. The van der Waals surface area contributed by atoms with Crippen molar-refractivity contribution in [2.75, 3.05) is 19.7 Å². The molecule has 1 unspecified atom stereocenters. The molecule has 0 bridgehead atoms. The zero-order valence-corrected chi connectivity index (χ0v) is 10.5. The summed E-state index contributed by atoms with van der Waals surface area (Å²) in [5, 5.41) is 18.8. The summed E-state index contributed by atoms with van der Waals surface area (Å²) >= 11 is 0. The summed E-state index contributed by atoms with van der Waals surface area (Å²) in [6, 6.07) is -0.822. The highest BCUT2D eigenvalue weighted by Gasteiger charge is 2.29. The molecule has 1 amide bonds. The van der Waals surface area contributed by atoms with Crippen molar-refractivity contribution in [1.82, 2.24) is 4.90 Å². The lowest BCUT2D eigenvalue weighted by molar-refractivity contribution is -0.136. The third-order valence-electron chi connectivity index (χ3n) is 3.41. The molecule has 3 atom stereocenters. The van der Waals surface area contributed by atoms with Crippen LogP contribution in [0.25, 0.3) is 0 Å². The second-order valence-electron chi connectivity index (χ2n) is 4.83. The van der Waals surface area contributed by atoms with E-state index in [2.05, 4.69) is 0 Å². The number of carbonyl (C=O) groups excluding carboxylic acids is 1. The fourth-order valence-corrected chi connectivity index (χ4v) is 2.37. The van der Waals surface area contributed by atoms with Gasteiger partial charge >= 0.3 is 0 Å². The molecular weight excluding hydrogens is 220 g/mol. The summed E-state index contributed by atoms with van der Waals surface area (Å²) in [7, 11) is 0.